The van der Waals surface area contributed by atoms with E-state index in [0.29, 0.717) is 30.5 Å². The largest absolute Gasteiger partial charge is 0.492 e. The van der Waals surface area contributed by atoms with E-state index in [2.05, 4.69) is 4.98 Å². The van der Waals surface area contributed by atoms with Gasteiger partial charge in [0.1, 0.15) is 23.9 Å². The summed E-state index contributed by atoms with van der Waals surface area (Å²) in [6.07, 6.45) is 0.735. The minimum Gasteiger partial charge on any atom is -0.492 e. The number of halogens is 1. The Kier molecular flexibility index (Phi) is 5.92. The van der Waals surface area contributed by atoms with Crippen molar-refractivity contribution in [1.29, 1.82) is 0 Å². The van der Waals surface area contributed by atoms with Crippen molar-refractivity contribution >= 4 is 23.1 Å². The molecule has 1 aromatic heterocycles. The van der Waals surface area contributed by atoms with Gasteiger partial charge in [-0.05, 0) is 30.7 Å². The zero-order valence-electron chi connectivity index (χ0n) is 13.7. The van der Waals surface area contributed by atoms with E-state index in [4.69, 9.17) is 22.1 Å². The Labute approximate surface area is 144 Å². The Morgan fingerprint density at radius 3 is 2.58 bits per heavy atom. The number of nitrogens with one attached hydrogen (secondary N) is 1. The van der Waals surface area contributed by atoms with Crippen LogP contribution in [0.1, 0.15) is 13.3 Å². The highest BCUT2D eigenvalue weighted by Gasteiger charge is 2.15. The molecule has 1 heterocycles. The molecule has 2 rings (SSSR count). The highest BCUT2D eigenvalue weighted by molar-refractivity contribution is 6.30. The summed E-state index contributed by atoms with van der Waals surface area (Å²) < 4.78 is 6.98. The van der Waals surface area contributed by atoms with Gasteiger partial charge in [0, 0.05) is 18.6 Å². The van der Waals surface area contributed by atoms with E-state index in [9.17, 15) is 9.59 Å². The second kappa shape index (κ2) is 7.92. The lowest BCUT2D eigenvalue weighted by Gasteiger charge is -2.21. The first-order valence-electron chi connectivity index (χ1n) is 7.66. The van der Waals surface area contributed by atoms with Crippen LogP contribution in [-0.4, -0.2) is 29.8 Å². The fourth-order valence-corrected chi connectivity index (χ4v) is 2.46. The molecule has 24 heavy (non-hydrogen) atoms. The molecule has 0 radical (unpaired) electrons. The minimum atomic E-state index is -0.501. The number of hydrogen-bond acceptors (Lipinski definition) is 5. The van der Waals surface area contributed by atoms with Gasteiger partial charge >= 0.3 is 5.69 Å². The van der Waals surface area contributed by atoms with Gasteiger partial charge in [-0.1, -0.05) is 18.5 Å². The Bertz CT molecular complexity index is 798. The van der Waals surface area contributed by atoms with Crippen molar-refractivity contribution < 1.29 is 4.74 Å². The maximum atomic E-state index is 12.1. The number of ether oxygens (including phenoxy) is 1. The molecule has 0 fully saturated rings. The van der Waals surface area contributed by atoms with Gasteiger partial charge in [-0.15, -0.1) is 0 Å². The number of aromatic nitrogens is 2. The molecule has 1 aromatic carbocycles. The highest BCUT2D eigenvalue weighted by atomic mass is 35.5. The van der Waals surface area contributed by atoms with E-state index >= 15 is 0 Å². The summed E-state index contributed by atoms with van der Waals surface area (Å²) in [4.78, 5) is 27.9. The van der Waals surface area contributed by atoms with Gasteiger partial charge in [-0.25, -0.2) is 4.79 Å². The van der Waals surface area contributed by atoms with Gasteiger partial charge in [0.05, 0.1) is 6.54 Å². The fourth-order valence-electron chi connectivity index (χ4n) is 2.33. The summed E-state index contributed by atoms with van der Waals surface area (Å²) in [7, 11) is 1.73. The van der Waals surface area contributed by atoms with Crippen molar-refractivity contribution in [3.63, 3.8) is 0 Å². The maximum absolute atomic E-state index is 12.1. The maximum Gasteiger partial charge on any atom is 0.330 e. The van der Waals surface area contributed by atoms with E-state index in [1.807, 2.05) is 6.92 Å². The summed E-state index contributed by atoms with van der Waals surface area (Å²) in [5, 5.41) is 0.636. The van der Waals surface area contributed by atoms with E-state index in [-0.39, 0.29) is 11.5 Å². The zero-order chi connectivity index (χ0) is 17.7. The number of likely N-dealkylation sites (N-methyl/N-ethyl adjacent to an activating group) is 1. The number of nitrogens with two attached hydrogens (primary N) is 1. The van der Waals surface area contributed by atoms with Gasteiger partial charge in [0.2, 0.25) is 0 Å². The third-order valence-corrected chi connectivity index (χ3v) is 3.80. The van der Waals surface area contributed by atoms with Gasteiger partial charge in [-0.3, -0.25) is 14.3 Å². The van der Waals surface area contributed by atoms with Crippen LogP contribution in [0.3, 0.4) is 0 Å². The van der Waals surface area contributed by atoms with Crippen molar-refractivity contribution in [2.75, 3.05) is 30.8 Å². The van der Waals surface area contributed by atoms with Crippen LogP contribution in [0.4, 0.5) is 11.5 Å². The molecule has 0 amide bonds. The molecule has 0 aliphatic carbocycles. The van der Waals surface area contributed by atoms with Gasteiger partial charge in [0.25, 0.3) is 5.56 Å². The topological polar surface area (TPSA) is 93.3 Å². The van der Waals surface area contributed by atoms with Crippen molar-refractivity contribution in [2.45, 2.75) is 19.9 Å². The molecule has 130 valence electrons. The molecule has 2 aromatic rings. The molecule has 0 saturated carbocycles. The zero-order valence-corrected chi connectivity index (χ0v) is 14.5. The molecule has 8 heteroatoms. The van der Waals surface area contributed by atoms with Crippen LogP contribution >= 0.6 is 11.6 Å². The molecule has 0 atom stereocenters. The fraction of sp³-hybridized carbons (Fsp3) is 0.375. The molecule has 0 aliphatic rings. The normalized spacial score (nSPS) is 10.6. The molecule has 0 unspecified atom stereocenters. The SMILES string of the molecule is CCCn1c(N)c(N(C)CCOc2ccc(Cl)cc2)c(=O)[nH]c1=O. The molecule has 0 saturated heterocycles. The molecule has 0 spiro atoms. The first-order chi connectivity index (χ1) is 11.4. The van der Waals surface area contributed by atoms with Crippen molar-refractivity contribution in [3.05, 3.63) is 50.1 Å². The minimum absolute atomic E-state index is 0.166. The quantitative estimate of drug-likeness (QED) is 0.791. The Balaban J connectivity index is 2.10. The summed E-state index contributed by atoms with van der Waals surface area (Å²) in [5.74, 6) is 0.852. The summed E-state index contributed by atoms with van der Waals surface area (Å²) >= 11 is 5.82. The van der Waals surface area contributed by atoms with Crippen LogP contribution in [0, 0.1) is 0 Å². The highest BCUT2D eigenvalue weighted by Crippen LogP contribution is 2.17. The number of anilines is 2. The predicted octanol–water partition coefficient (Wildman–Crippen LogP) is 1.70. The number of nitrogens with zero attached hydrogens (tertiary/aromatic N) is 2. The summed E-state index contributed by atoms with van der Waals surface area (Å²) in [6, 6.07) is 7.02. The van der Waals surface area contributed by atoms with Gasteiger partial charge in [0.15, 0.2) is 0 Å². The molecular formula is C16H21ClN4O3. The van der Waals surface area contributed by atoms with Gasteiger partial charge < -0.3 is 15.4 Å². The molecular weight excluding hydrogens is 332 g/mol. The van der Waals surface area contributed by atoms with Crippen molar-refractivity contribution in [1.82, 2.24) is 9.55 Å². The van der Waals surface area contributed by atoms with Crippen LogP contribution < -0.4 is 26.6 Å². The molecule has 3 N–H and O–H groups in total. The number of benzene rings is 1. The monoisotopic (exact) mass is 352 g/mol. The van der Waals surface area contributed by atoms with Crippen LogP contribution in [0.2, 0.25) is 5.02 Å². The first-order valence-corrected chi connectivity index (χ1v) is 8.04. The van der Waals surface area contributed by atoms with Gasteiger partial charge in [-0.2, -0.15) is 0 Å². The lowest BCUT2D eigenvalue weighted by Crippen LogP contribution is -2.38. The van der Waals surface area contributed by atoms with Crippen LogP contribution in [0.15, 0.2) is 33.9 Å². The Hall–Kier alpha value is -2.41. The van der Waals surface area contributed by atoms with Crippen molar-refractivity contribution in [2.24, 2.45) is 0 Å². The van der Waals surface area contributed by atoms with Crippen LogP contribution in [0.5, 0.6) is 5.75 Å². The second-order valence-electron chi connectivity index (χ2n) is 5.37. The van der Waals surface area contributed by atoms with E-state index in [0.717, 1.165) is 6.42 Å². The predicted molar refractivity (Wildman–Crippen MR) is 96.2 cm³/mol. The van der Waals surface area contributed by atoms with Crippen LogP contribution in [0.25, 0.3) is 0 Å². The lowest BCUT2D eigenvalue weighted by atomic mass is 10.3. The first kappa shape index (κ1) is 17.9. The molecule has 0 aliphatic heterocycles. The number of rotatable bonds is 7. The molecule has 0 bridgehead atoms. The average molecular weight is 353 g/mol. The summed E-state index contributed by atoms with van der Waals surface area (Å²) in [5.41, 5.74) is 5.29. The summed E-state index contributed by atoms with van der Waals surface area (Å²) in [6.45, 7) is 3.16. The molecule has 7 nitrogen and oxygen atoms in total. The number of aromatic amines is 1. The Morgan fingerprint density at radius 2 is 1.96 bits per heavy atom. The average Bonchev–Trinajstić information content (AvgIpc) is 2.53. The van der Waals surface area contributed by atoms with Crippen LogP contribution in [-0.2, 0) is 6.54 Å². The van der Waals surface area contributed by atoms with E-state index in [1.165, 1.54) is 4.57 Å². The Morgan fingerprint density at radius 1 is 1.29 bits per heavy atom. The smallest absolute Gasteiger partial charge is 0.330 e. The van der Waals surface area contributed by atoms with E-state index in [1.54, 1.807) is 36.2 Å². The third-order valence-electron chi connectivity index (χ3n) is 3.55. The number of nitrogen functional groups attached to an aromatic ring is 1. The third kappa shape index (κ3) is 4.11. The van der Waals surface area contributed by atoms with Crippen molar-refractivity contribution in [3.8, 4) is 5.75 Å². The number of hydrogen-bond donors (Lipinski definition) is 2. The standard InChI is InChI=1S/C16H21ClN4O3/c1-3-8-21-14(18)13(15(22)19-16(21)23)20(2)9-10-24-12-6-4-11(17)5-7-12/h4-7H,3,8-10,18H2,1-2H3,(H,19,22,23). The lowest BCUT2D eigenvalue weighted by molar-refractivity contribution is 0.326. The van der Waals surface area contributed by atoms with E-state index < -0.39 is 11.2 Å². The number of H-pyrrole nitrogens is 1. The second-order valence-corrected chi connectivity index (χ2v) is 5.81.